The highest BCUT2D eigenvalue weighted by Gasteiger charge is 2.32. The molecule has 12 nitrogen and oxygen atoms in total. The second-order valence-electron chi connectivity index (χ2n) is 8.05. The predicted molar refractivity (Wildman–Crippen MR) is 149 cm³/mol. The number of halogens is 1. The van der Waals surface area contributed by atoms with E-state index in [1.807, 2.05) is 12.1 Å². The van der Waals surface area contributed by atoms with E-state index in [1.54, 1.807) is 44.2 Å². The van der Waals surface area contributed by atoms with Crippen molar-refractivity contribution < 1.29 is 33.6 Å². The van der Waals surface area contributed by atoms with Crippen LogP contribution in [0, 0.1) is 14.9 Å². The first kappa shape index (κ1) is 29.5. The number of ether oxygens (including phenoxy) is 4. The molecule has 0 fully saturated rings. The molecule has 0 bridgehead atoms. The first-order valence-corrected chi connectivity index (χ1v) is 12.9. The van der Waals surface area contributed by atoms with E-state index < -0.39 is 24.3 Å². The fourth-order valence-corrected chi connectivity index (χ4v) is 4.34. The molecule has 0 aliphatic carbocycles. The van der Waals surface area contributed by atoms with Gasteiger partial charge in [-0.3, -0.25) is 5.43 Å². The molecule has 0 radical (unpaired) electrons. The van der Waals surface area contributed by atoms with E-state index in [9.17, 15) is 14.7 Å². The maximum atomic E-state index is 12.4. The number of hydrogen-bond donors (Lipinski definition) is 4. The second-order valence-corrected chi connectivity index (χ2v) is 9.21. The number of esters is 1. The molecular weight excluding hydrogens is 621 g/mol. The molecule has 2 amide bonds. The number of amides is 2. The van der Waals surface area contributed by atoms with Gasteiger partial charge in [0.25, 0.3) is 0 Å². The van der Waals surface area contributed by atoms with E-state index in [2.05, 4.69) is 43.8 Å². The highest BCUT2D eigenvalue weighted by Crippen LogP contribution is 2.35. The minimum Gasteiger partial charge on any atom is -0.490 e. The summed E-state index contributed by atoms with van der Waals surface area (Å²) in [5, 5.41) is 28.3. The molecule has 0 aromatic heterocycles. The fraction of sp³-hybridized carbons (Fsp3) is 0.308. The van der Waals surface area contributed by atoms with Crippen LogP contribution in [0.5, 0.6) is 17.2 Å². The molecule has 0 saturated carbocycles. The zero-order valence-electron chi connectivity index (χ0n) is 21.5. The van der Waals surface area contributed by atoms with E-state index in [1.165, 1.54) is 13.3 Å². The number of urea groups is 1. The molecule has 0 spiro atoms. The third kappa shape index (κ3) is 7.98. The van der Waals surface area contributed by atoms with Crippen molar-refractivity contribution >= 4 is 40.8 Å². The molecule has 0 unspecified atom stereocenters. The molecule has 2 aromatic rings. The van der Waals surface area contributed by atoms with Crippen molar-refractivity contribution in [2.75, 3.05) is 26.9 Å². The topological polar surface area (TPSA) is 164 Å². The summed E-state index contributed by atoms with van der Waals surface area (Å²) in [5.74, 6) is 0.750. The molecule has 13 heteroatoms. The number of nitrogens with one attached hydrogen (secondary N) is 3. The summed E-state index contributed by atoms with van der Waals surface area (Å²) >= 11 is 2.10. The van der Waals surface area contributed by atoms with Crippen LogP contribution in [0.15, 0.2) is 52.8 Å². The van der Waals surface area contributed by atoms with Crippen LogP contribution >= 0.6 is 22.6 Å². The van der Waals surface area contributed by atoms with Crippen molar-refractivity contribution in [2.24, 2.45) is 5.10 Å². The van der Waals surface area contributed by atoms with Gasteiger partial charge in [0.15, 0.2) is 24.3 Å². The summed E-state index contributed by atoms with van der Waals surface area (Å²) < 4.78 is 22.5. The van der Waals surface area contributed by atoms with Gasteiger partial charge in [-0.15, -0.1) is 0 Å². The number of carbonyl (C=O) groups excluding carboxylic acids is 2. The first-order valence-electron chi connectivity index (χ1n) is 11.8. The number of carbonyl (C=O) groups is 2. The predicted octanol–water partition coefficient (Wildman–Crippen LogP) is 2.71. The van der Waals surface area contributed by atoms with Crippen molar-refractivity contribution in [1.29, 1.82) is 5.26 Å². The molecule has 2 atom stereocenters. The number of nitrogens with zero attached hydrogens (tertiary/aromatic N) is 2. The van der Waals surface area contributed by atoms with Gasteiger partial charge in [-0.25, -0.2) is 9.59 Å². The summed E-state index contributed by atoms with van der Waals surface area (Å²) in [6.07, 6.45) is 0.398. The highest BCUT2D eigenvalue weighted by atomic mass is 127. The molecule has 1 heterocycles. The van der Waals surface area contributed by atoms with Gasteiger partial charge in [-0.2, -0.15) is 10.4 Å². The van der Waals surface area contributed by atoms with Crippen LogP contribution in [0.4, 0.5) is 4.79 Å². The molecule has 39 heavy (non-hydrogen) atoms. The van der Waals surface area contributed by atoms with Crippen molar-refractivity contribution in [1.82, 2.24) is 16.1 Å². The van der Waals surface area contributed by atoms with Crippen LogP contribution in [-0.4, -0.2) is 56.5 Å². The minimum absolute atomic E-state index is 0.0369. The van der Waals surface area contributed by atoms with Gasteiger partial charge in [-0.1, -0.05) is 6.07 Å². The first-order chi connectivity index (χ1) is 18.8. The zero-order chi connectivity index (χ0) is 28.4. The van der Waals surface area contributed by atoms with Crippen LogP contribution in [0.2, 0.25) is 0 Å². The van der Waals surface area contributed by atoms with Crippen molar-refractivity contribution in [3.8, 4) is 23.3 Å². The van der Waals surface area contributed by atoms with E-state index in [0.29, 0.717) is 35.1 Å². The van der Waals surface area contributed by atoms with Gasteiger partial charge in [0.2, 0.25) is 0 Å². The molecule has 2 aromatic carbocycles. The van der Waals surface area contributed by atoms with Gasteiger partial charge in [0, 0.05) is 5.70 Å². The lowest BCUT2D eigenvalue weighted by molar-refractivity contribution is -0.136. The molecule has 1 aliphatic heterocycles. The van der Waals surface area contributed by atoms with Gasteiger partial charge in [0.05, 0.1) is 35.1 Å². The lowest BCUT2D eigenvalue weighted by Crippen LogP contribution is -2.45. The normalized spacial score (nSPS) is 15.6. The lowest BCUT2D eigenvalue weighted by Gasteiger charge is -2.28. The van der Waals surface area contributed by atoms with Gasteiger partial charge in [0.1, 0.15) is 18.4 Å². The number of benzene rings is 2. The maximum absolute atomic E-state index is 12.4. The Morgan fingerprint density at radius 3 is 2.69 bits per heavy atom. The van der Waals surface area contributed by atoms with Gasteiger partial charge >= 0.3 is 12.0 Å². The molecule has 4 N–H and O–H groups in total. The number of hydrazone groups is 1. The van der Waals surface area contributed by atoms with Crippen LogP contribution in [0.3, 0.4) is 0 Å². The average Bonchev–Trinajstić information content (AvgIpc) is 2.91. The van der Waals surface area contributed by atoms with E-state index >= 15 is 0 Å². The van der Waals surface area contributed by atoms with Crippen LogP contribution in [0.1, 0.15) is 31.0 Å². The van der Waals surface area contributed by atoms with Crippen LogP contribution < -0.4 is 30.3 Å². The van der Waals surface area contributed by atoms with Crippen LogP contribution in [0.25, 0.3) is 0 Å². The number of allylic oxidation sites excluding steroid dienone is 1. The summed E-state index contributed by atoms with van der Waals surface area (Å²) in [7, 11) is 1.27. The van der Waals surface area contributed by atoms with Crippen molar-refractivity contribution in [2.45, 2.75) is 26.1 Å². The second kappa shape index (κ2) is 14.2. The van der Waals surface area contributed by atoms with E-state index in [4.69, 9.17) is 24.2 Å². The zero-order valence-corrected chi connectivity index (χ0v) is 23.6. The Morgan fingerprint density at radius 2 is 2.00 bits per heavy atom. The molecule has 206 valence electrons. The minimum atomic E-state index is -1.13. The number of aliphatic hydroxyl groups excluding tert-OH is 1. The Labute approximate surface area is 239 Å². The number of aliphatic hydroxyl groups is 1. The Morgan fingerprint density at radius 1 is 1.23 bits per heavy atom. The summed E-state index contributed by atoms with van der Waals surface area (Å²) in [6, 6.07) is 11.0. The Hall–Kier alpha value is -4.03. The lowest BCUT2D eigenvalue weighted by atomic mass is 9.95. The smallest absolute Gasteiger partial charge is 0.337 e. The number of hydrogen-bond acceptors (Lipinski definition) is 10. The average molecular weight is 649 g/mol. The summed E-state index contributed by atoms with van der Waals surface area (Å²) in [4.78, 5) is 24.5. The SMILES string of the molecule is CCOc1cc([C@@H]2NC(=O)NC(C)=C2C(=O)OC)ccc1OC[C@H](O)N/N=C\c1ccc(OCC#N)c(I)c1. The Kier molecular flexibility index (Phi) is 10.8. The molecular formula is C26H28IN5O7. The Balaban J connectivity index is 1.66. The van der Waals surface area contributed by atoms with Crippen molar-refractivity contribution in [3.05, 3.63) is 62.4 Å². The third-order valence-corrected chi connectivity index (χ3v) is 6.20. The van der Waals surface area contributed by atoms with Gasteiger partial charge in [-0.05, 0) is 77.9 Å². The molecule has 3 rings (SSSR count). The van der Waals surface area contributed by atoms with Crippen molar-refractivity contribution in [3.63, 3.8) is 0 Å². The van der Waals surface area contributed by atoms with Crippen LogP contribution in [-0.2, 0) is 9.53 Å². The maximum Gasteiger partial charge on any atom is 0.337 e. The van der Waals surface area contributed by atoms with E-state index in [-0.39, 0.29) is 18.8 Å². The number of rotatable bonds is 12. The number of methoxy groups -OCH3 is 1. The summed E-state index contributed by atoms with van der Waals surface area (Å²) in [6.45, 7) is 3.58. The standard InChI is InChI=1S/C26H28IN5O7/c1-4-37-21-12-17(24-23(25(34)36-3)15(2)30-26(35)31-24)6-8-20(21)39-14-22(33)32-29-13-16-5-7-19(18(27)11-16)38-10-9-28/h5-8,11-13,22,24,32-33H,4,10,14H2,1-3H3,(H2,30,31,35)/b29-13-/t22-,24-/m0/s1. The Bertz CT molecular complexity index is 1310. The highest BCUT2D eigenvalue weighted by molar-refractivity contribution is 14.1. The molecule has 0 saturated heterocycles. The largest absolute Gasteiger partial charge is 0.490 e. The number of nitriles is 1. The molecule has 1 aliphatic rings. The van der Waals surface area contributed by atoms with Gasteiger partial charge < -0.3 is 34.7 Å². The van der Waals surface area contributed by atoms with E-state index in [0.717, 1.165) is 9.13 Å². The monoisotopic (exact) mass is 649 g/mol. The fourth-order valence-electron chi connectivity index (χ4n) is 3.64. The summed E-state index contributed by atoms with van der Waals surface area (Å²) in [5.41, 5.74) is 4.60. The third-order valence-electron chi connectivity index (χ3n) is 5.36. The quantitative estimate of drug-likeness (QED) is 0.0891.